The summed E-state index contributed by atoms with van der Waals surface area (Å²) in [5.74, 6) is 2.82. The van der Waals surface area contributed by atoms with E-state index in [4.69, 9.17) is 14.2 Å². The zero-order valence-corrected chi connectivity index (χ0v) is 16.3. The quantitative estimate of drug-likeness (QED) is 0.667. The average molecular weight is 381 g/mol. The molecule has 0 N–H and O–H groups in total. The maximum absolute atomic E-state index is 6.01. The second-order valence-corrected chi connectivity index (χ2v) is 6.72. The molecule has 1 saturated heterocycles. The van der Waals surface area contributed by atoms with Crippen molar-refractivity contribution in [3.8, 4) is 17.4 Å². The Morgan fingerprint density at radius 3 is 2.46 bits per heavy atom. The fraction of sp³-hybridized carbons (Fsp3) is 0.400. The molecule has 3 heterocycles. The van der Waals surface area contributed by atoms with Crippen LogP contribution >= 0.6 is 0 Å². The molecule has 1 fully saturated rings. The fourth-order valence-corrected chi connectivity index (χ4v) is 3.47. The zero-order valence-electron chi connectivity index (χ0n) is 16.3. The molecular weight excluding hydrogens is 358 g/mol. The number of piperidine rings is 1. The molecule has 0 bridgehead atoms. The molecule has 146 valence electrons. The van der Waals surface area contributed by atoms with E-state index < -0.39 is 0 Å². The van der Waals surface area contributed by atoms with Gasteiger partial charge in [-0.2, -0.15) is 0 Å². The van der Waals surface area contributed by atoms with Crippen molar-refractivity contribution >= 4 is 16.7 Å². The third-order valence-electron chi connectivity index (χ3n) is 4.88. The summed E-state index contributed by atoms with van der Waals surface area (Å²) in [5.41, 5.74) is 1.68. The first-order valence-corrected chi connectivity index (χ1v) is 9.25. The molecule has 2 aromatic heterocycles. The van der Waals surface area contributed by atoms with E-state index in [2.05, 4.69) is 24.8 Å². The average Bonchev–Trinajstić information content (AvgIpc) is 2.73. The Hall–Kier alpha value is -3.16. The van der Waals surface area contributed by atoms with Crippen LogP contribution in [0.2, 0.25) is 0 Å². The second kappa shape index (κ2) is 7.84. The number of ether oxygens (including phenoxy) is 3. The molecule has 0 saturated carbocycles. The number of hydrogen-bond acceptors (Lipinski definition) is 8. The van der Waals surface area contributed by atoms with Gasteiger partial charge in [-0.15, -0.1) is 0 Å². The summed E-state index contributed by atoms with van der Waals surface area (Å²) in [7, 11) is 3.25. The molecule has 8 nitrogen and oxygen atoms in total. The smallest absolute Gasteiger partial charge is 0.232 e. The van der Waals surface area contributed by atoms with Crippen LogP contribution in [0.5, 0.6) is 17.4 Å². The number of benzene rings is 1. The first-order valence-electron chi connectivity index (χ1n) is 9.25. The van der Waals surface area contributed by atoms with Crippen molar-refractivity contribution < 1.29 is 14.2 Å². The lowest BCUT2D eigenvalue weighted by Crippen LogP contribution is -2.39. The largest absolute Gasteiger partial charge is 0.493 e. The maximum atomic E-state index is 6.01. The van der Waals surface area contributed by atoms with E-state index >= 15 is 0 Å². The third-order valence-corrected chi connectivity index (χ3v) is 4.88. The van der Waals surface area contributed by atoms with Gasteiger partial charge in [0.15, 0.2) is 11.5 Å². The molecule has 1 aromatic carbocycles. The van der Waals surface area contributed by atoms with Gasteiger partial charge in [-0.1, -0.05) is 0 Å². The molecule has 8 heteroatoms. The Labute approximate surface area is 163 Å². The molecule has 0 aliphatic carbocycles. The van der Waals surface area contributed by atoms with E-state index in [1.165, 1.54) is 0 Å². The van der Waals surface area contributed by atoms with Gasteiger partial charge in [-0.3, -0.25) is 4.98 Å². The van der Waals surface area contributed by atoms with Crippen molar-refractivity contribution in [3.05, 3.63) is 36.5 Å². The van der Waals surface area contributed by atoms with Gasteiger partial charge < -0.3 is 19.1 Å². The molecule has 0 unspecified atom stereocenters. The van der Waals surface area contributed by atoms with Crippen LogP contribution in [0.3, 0.4) is 0 Å². The Morgan fingerprint density at radius 1 is 1.00 bits per heavy atom. The lowest BCUT2D eigenvalue weighted by molar-refractivity contribution is 0.163. The van der Waals surface area contributed by atoms with Crippen molar-refractivity contribution in [2.24, 2.45) is 0 Å². The highest BCUT2D eigenvalue weighted by molar-refractivity contribution is 5.92. The molecule has 0 amide bonds. The van der Waals surface area contributed by atoms with E-state index in [0.29, 0.717) is 17.4 Å². The zero-order chi connectivity index (χ0) is 19.5. The number of hydrogen-bond donors (Lipinski definition) is 0. The van der Waals surface area contributed by atoms with Gasteiger partial charge in [-0.05, 0) is 13.0 Å². The molecule has 28 heavy (non-hydrogen) atoms. The van der Waals surface area contributed by atoms with Crippen LogP contribution in [-0.4, -0.2) is 53.3 Å². The van der Waals surface area contributed by atoms with Gasteiger partial charge in [0.05, 0.1) is 31.6 Å². The van der Waals surface area contributed by atoms with Crippen molar-refractivity contribution in [2.45, 2.75) is 25.9 Å². The molecule has 1 aliphatic heterocycles. The summed E-state index contributed by atoms with van der Waals surface area (Å²) >= 11 is 0. The summed E-state index contributed by atoms with van der Waals surface area (Å²) in [4.78, 5) is 19.7. The highest BCUT2D eigenvalue weighted by Crippen LogP contribution is 2.35. The minimum Gasteiger partial charge on any atom is -0.493 e. The summed E-state index contributed by atoms with van der Waals surface area (Å²) in [5, 5.41) is 0.948. The topological polar surface area (TPSA) is 82.5 Å². The SMILES string of the molecule is COc1cc2ncnc(N3CCC(Oc4cncc(C)n4)CC3)c2cc1OC. The standard InChI is InChI=1S/C20H23N5O3/c1-13-10-21-11-19(24-13)28-14-4-6-25(7-5-14)20-15-8-17(26-2)18(27-3)9-16(15)22-12-23-20/h8-12,14H,4-7H2,1-3H3. The Morgan fingerprint density at radius 2 is 1.75 bits per heavy atom. The number of aryl methyl sites for hydroxylation is 1. The highest BCUT2D eigenvalue weighted by Gasteiger charge is 2.24. The molecule has 0 radical (unpaired) electrons. The highest BCUT2D eigenvalue weighted by atomic mass is 16.5. The number of rotatable bonds is 5. The van der Waals surface area contributed by atoms with E-state index in [0.717, 1.165) is 48.3 Å². The van der Waals surface area contributed by atoms with Crippen molar-refractivity contribution in [1.82, 2.24) is 19.9 Å². The number of anilines is 1. The Kier molecular flexibility index (Phi) is 5.10. The monoisotopic (exact) mass is 381 g/mol. The van der Waals surface area contributed by atoms with Crippen LogP contribution < -0.4 is 19.1 Å². The van der Waals surface area contributed by atoms with Crippen LogP contribution in [0.25, 0.3) is 10.9 Å². The van der Waals surface area contributed by atoms with Gasteiger partial charge in [0.1, 0.15) is 18.2 Å². The predicted octanol–water partition coefficient (Wildman–Crippen LogP) is 2.79. The van der Waals surface area contributed by atoms with E-state index in [9.17, 15) is 0 Å². The third kappa shape index (κ3) is 3.62. The van der Waals surface area contributed by atoms with Gasteiger partial charge in [0, 0.05) is 43.6 Å². The summed E-state index contributed by atoms with van der Waals surface area (Å²) in [6.07, 6.45) is 6.86. The van der Waals surface area contributed by atoms with E-state index in [1.54, 1.807) is 32.9 Å². The number of methoxy groups -OCH3 is 2. The molecule has 4 rings (SSSR count). The first kappa shape index (κ1) is 18.2. The number of aromatic nitrogens is 4. The lowest BCUT2D eigenvalue weighted by Gasteiger charge is -2.33. The number of fused-ring (bicyclic) bond motifs is 1. The second-order valence-electron chi connectivity index (χ2n) is 6.72. The molecular formula is C20H23N5O3. The van der Waals surface area contributed by atoms with Crippen molar-refractivity contribution in [3.63, 3.8) is 0 Å². The Balaban J connectivity index is 1.52. The molecule has 0 atom stereocenters. The van der Waals surface area contributed by atoms with Crippen molar-refractivity contribution in [1.29, 1.82) is 0 Å². The van der Waals surface area contributed by atoms with Gasteiger partial charge in [0.25, 0.3) is 0 Å². The van der Waals surface area contributed by atoms with Crippen LogP contribution in [0.4, 0.5) is 5.82 Å². The maximum Gasteiger partial charge on any atom is 0.232 e. The fourth-order valence-electron chi connectivity index (χ4n) is 3.47. The summed E-state index contributed by atoms with van der Waals surface area (Å²) in [6, 6.07) is 3.82. The normalized spacial score (nSPS) is 14.9. The Bertz CT molecular complexity index is 973. The number of nitrogens with zero attached hydrogens (tertiary/aromatic N) is 5. The first-order chi connectivity index (χ1) is 13.7. The van der Waals surface area contributed by atoms with E-state index in [1.807, 2.05) is 19.1 Å². The minimum absolute atomic E-state index is 0.120. The summed E-state index contributed by atoms with van der Waals surface area (Å²) in [6.45, 7) is 3.58. The van der Waals surface area contributed by atoms with E-state index in [-0.39, 0.29) is 6.10 Å². The van der Waals surface area contributed by atoms with Crippen LogP contribution in [0.1, 0.15) is 18.5 Å². The molecule has 3 aromatic rings. The minimum atomic E-state index is 0.120. The lowest BCUT2D eigenvalue weighted by atomic mass is 10.1. The molecule has 0 spiro atoms. The summed E-state index contributed by atoms with van der Waals surface area (Å²) < 4.78 is 16.8. The van der Waals surface area contributed by atoms with Gasteiger partial charge in [0.2, 0.25) is 5.88 Å². The predicted molar refractivity (Wildman–Crippen MR) is 105 cm³/mol. The van der Waals surface area contributed by atoms with Gasteiger partial charge in [-0.25, -0.2) is 15.0 Å². The molecule has 1 aliphatic rings. The van der Waals surface area contributed by atoms with Crippen molar-refractivity contribution in [2.75, 3.05) is 32.2 Å². The van der Waals surface area contributed by atoms with Crippen LogP contribution in [-0.2, 0) is 0 Å². The van der Waals surface area contributed by atoms with Crippen LogP contribution in [0.15, 0.2) is 30.9 Å². The van der Waals surface area contributed by atoms with Crippen LogP contribution in [0, 0.1) is 6.92 Å². The van der Waals surface area contributed by atoms with Gasteiger partial charge >= 0.3 is 0 Å².